The number of thioether (sulfide) groups is 1. The molecule has 1 fully saturated rings. The van der Waals surface area contributed by atoms with Crippen molar-refractivity contribution in [2.75, 3.05) is 18.6 Å². The Balaban J connectivity index is 2.04. The summed E-state index contributed by atoms with van der Waals surface area (Å²) in [6, 6.07) is 0.0222. The zero-order valence-electron chi connectivity index (χ0n) is 12.7. The zero-order valence-corrected chi connectivity index (χ0v) is 14.4. The van der Waals surface area contributed by atoms with Crippen LogP contribution in [0.4, 0.5) is 0 Å². The Morgan fingerprint density at radius 3 is 2.86 bits per heavy atom. The van der Waals surface area contributed by atoms with E-state index in [0.717, 1.165) is 21.3 Å². The summed E-state index contributed by atoms with van der Waals surface area (Å²) in [4.78, 5) is 17.8. The van der Waals surface area contributed by atoms with Gasteiger partial charge in [0.15, 0.2) is 0 Å². The van der Waals surface area contributed by atoms with Crippen LogP contribution in [0.15, 0.2) is 0 Å². The van der Waals surface area contributed by atoms with E-state index in [2.05, 4.69) is 10.3 Å². The number of aromatic nitrogens is 1. The highest BCUT2D eigenvalue weighted by atomic mass is 32.2. The van der Waals surface area contributed by atoms with Crippen molar-refractivity contribution >= 4 is 29.0 Å². The van der Waals surface area contributed by atoms with E-state index in [0.29, 0.717) is 12.3 Å². The molecule has 1 amide bonds. The standard InChI is InChI=1S/C15H24N2O2S2/c1-10-13(14(19)17-12(7-8-18)9-20-2)21-15(16-10)11-5-3-4-6-11/h11-12,18H,3-9H2,1-2H3,(H,17,19). The van der Waals surface area contributed by atoms with Crippen LogP contribution in [0, 0.1) is 6.92 Å². The van der Waals surface area contributed by atoms with Crippen molar-refractivity contribution < 1.29 is 9.90 Å². The number of amides is 1. The van der Waals surface area contributed by atoms with E-state index in [1.807, 2.05) is 13.2 Å². The van der Waals surface area contributed by atoms with E-state index < -0.39 is 0 Å². The lowest BCUT2D eigenvalue weighted by Crippen LogP contribution is -2.37. The van der Waals surface area contributed by atoms with Crippen molar-refractivity contribution in [1.29, 1.82) is 0 Å². The maximum Gasteiger partial charge on any atom is 0.263 e. The van der Waals surface area contributed by atoms with E-state index in [-0.39, 0.29) is 18.6 Å². The van der Waals surface area contributed by atoms with E-state index in [1.165, 1.54) is 25.7 Å². The van der Waals surface area contributed by atoms with E-state index >= 15 is 0 Å². The molecule has 0 saturated heterocycles. The van der Waals surface area contributed by atoms with Gasteiger partial charge < -0.3 is 10.4 Å². The monoisotopic (exact) mass is 328 g/mol. The number of carbonyl (C=O) groups excluding carboxylic acids is 1. The van der Waals surface area contributed by atoms with Crippen LogP contribution in [0.25, 0.3) is 0 Å². The van der Waals surface area contributed by atoms with E-state index in [4.69, 9.17) is 5.11 Å². The minimum Gasteiger partial charge on any atom is -0.396 e. The Kier molecular flexibility index (Phi) is 6.51. The first-order valence-corrected chi connectivity index (χ1v) is 9.74. The lowest BCUT2D eigenvalue weighted by Gasteiger charge is -2.16. The van der Waals surface area contributed by atoms with Gasteiger partial charge in [0.05, 0.1) is 10.7 Å². The highest BCUT2D eigenvalue weighted by Crippen LogP contribution is 2.37. The highest BCUT2D eigenvalue weighted by Gasteiger charge is 2.24. The fraction of sp³-hybridized carbons (Fsp3) is 0.733. The molecule has 2 rings (SSSR count). The van der Waals surface area contributed by atoms with Crippen molar-refractivity contribution in [2.45, 2.75) is 51.0 Å². The van der Waals surface area contributed by atoms with Crippen LogP contribution < -0.4 is 5.32 Å². The molecule has 1 unspecified atom stereocenters. The predicted molar refractivity (Wildman–Crippen MR) is 89.4 cm³/mol. The smallest absolute Gasteiger partial charge is 0.263 e. The summed E-state index contributed by atoms with van der Waals surface area (Å²) >= 11 is 3.23. The molecular formula is C15H24N2O2S2. The molecule has 0 radical (unpaired) electrons. The molecule has 1 aromatic heterocycles. The molecule has 0 bridgehead atoms. The summed E-state index contributed by atoms with van der Waals surface area (Å²) < 4.78 is 0. The molecule has 1 saturated carbocycles. The summed E-state index contributed by atoms with van der Waals surface area (Å²) in [7, 11) is 0. The SMILES string of the molecule is CSCC(CCO)NC(=O)c1sc(C2CCCC2)nc1C. The number of nitrogens with one attached hydrogen (secondary N) is 1. The van der Waals surface area contributed by atoms with Crippen LogP contribution in [0.5, 0.6) is 0 Å². The Hall–Kier alpha value is -0.590. The second-order valence-corrected chi connectivity index (χ2v) is 7.53. The van der Waals surface area contributed by atoms with Crippen LogP contribution >= 0.6 is 23.1 Å². The first-order valence-electron chi connectivity index (χ1n) is 7.53. The maximum absolute atomic E-state index is 12.4. The molecule has 0 aromatic carbocycles. The number of aryl methyl sites for hydroxylation is 1. The molecule has 118 valence electrons. The maximum atomic E-state index is 12.4. The van der Waals surface area contributed by atoms with Crippen molar-refractivity contribution in [1.82, 2.24) is 10.3 Å². The van der Waals surface area contributed by atoms with Gasteiger partial charge in [-0.05, 0) is 32.4 Å². The average Bonchev–Trinajstić information content (AvgIpc) is 3.08. The molecule has 2 N–H and O–H groups in total. The van der Waals surface area contributed by atoms with Gasteiger partial charge in [-0.15, -0.1) is 11.3 Å². The van der Waals surface area contributed by atoms with Gasteiger partial charge in [0.25, 0.3) is 5.91 Å². The van der Waals surface area contributed by atoms with E-state index in [9.17, 15) is 4.79 Å². The van der Waals surface area contributed by atoms with Crippen LogP contribution in [0.3, 0.4) is 0 Å². The normalized spacial score (nSPS) is 17.1. The largest absolute Gasteiger partial charge is 0.396 e. The molecule has 1 aliphatic rings. The number of hydrogen-bond acceptors (Lipinski definition) is 5. The van der Waals surface area contributed by atoms with Crippen LogP contribution in [0.2, 0.25) is 0 Å². The molecule has 1 atom stereocenters. The average molecular weight is 329 g/mol. The predicted octanol–water partition coefficient (Wildman–Crippen LogP) is 2.95. The third-order valence-electron chi connectivity index (χ3n) is 3.90. The summed E-state index contributed by atoms with van der Waals surface area (Å²) in [5.41, 5.74) is 0.839. The fourth-order valence-corrected chi connectivity index (χ4v) is 4.57. The first kappa shape index (κ1) is 16.8. The Morgan fingerprint density at radius 2 is 2.24 bits per heavy atom. The Morgan fingerprint density at radius 1 is 1.52 bits per heavy atom. The van der Waals surface area contributed by atoms with Gasteiger partial charge in [0.2, 0.25) is 0 Å². The van der Waals surface area contributed by atoms with Crippen molar-refractivity contribution in [3.05, 3.63) is 15.6 Å². The number of carbonyl (C=O) groups is 1. The third-order valence-corrected chi connectivity index (χ3v) is 5.96. The Labute approximate surface area is 134 Å². The first-order chi connectivity index (χ1) is 10.2. The summed E-state index contributed by atoms with van der Waals surface area (Å²) in [6.45, 7) is 2.01. The van der Waals surface area contributed by atoms with E-state index in [1.54, 1.807) is 23.1 Å². The van der Waals surface area contributed by atoms with Gasteiger partial charge >= 0.3 is 0 Å². The number of rotatable bonds is 7. The van der Waals surface area contributed by atoms with Gasteiger partial charge in [-0.25, -0.2) is 4.98 Å². The molecule has 4 nitrogen and oxygen atoms in total. The summed E-state index contributed by atoms with van der Waals surface area (Å²) in [6.07, 6.45) is 7.56. The lowest BCUT2D eigenvalue weighted by molar-refractivity contribution is 0.0938. The number of nitrogens with zero attached hydrogens (tertiary/aromatic N) is 1. The summed E-state index contributed by atoms with van der Waals surface area (Å²) in [5, 5.41) is 13.2. The van der Waals surface area contributed by atoms with Gasteiger partial charge in [0.1, 0.15) is 4.88 Å². The van der Waals surface area contributed by atoms with Crippen LogP contribution in [0.1, 0.15) is 58.4 Å². The lowest BCUT2D eigenvalue weighted by atomic mass is 10.1. The second kappa shape index (κ2) is 8.15. The van der Waals surface area contributed by atoms with Crippen molar-refractivity contribution in [2.24, 2.45) is 0 Å². The zero-order chi connectivity index (χ0) is 15.2. The quantitative estimate of drug-likeness (QED) is 0.808. The molecule has 0 spiro atoms. The molecular weight excluding hydrogens is 304 g/mol. The number of thiazole rings is 1. The molecule has 1 heterocycles. The second-order valence-electron chi connectivity index (χ2n) is 5.59. The van der Waals surface area contributed by atoms with Gasteiger partial charge in [-0.3, -0.25) is 4.79 Å². The van der Waals surface area contributed by atoms with Crippen molar-refractivity contribution in [3.63, 3.8) is 0 Å². The molecule has 6 heteroatoms. The van der Waals surface area contributed by atoms with Crippen molar-refractivity contribution in [3.8, 4) is 0 Å². The molecule has 21 heavy (non-hydrogen) atoms. The molecule has 0 aliphatic heterocycles. The van der Waals surface area contributed by atoms with Gasteiger partial charge in [-0.1, -0.05) is 12.8 Å². The minimum absolute atomic E-state index is 0.0222. The number of aliphatic hydroxyl groups is 1. The Bertz CT molecular complexity index is 464. The summed E-state index contributed by atoms with van der Waals surface area (Å²) in [5.74, 6) is 1.33. The molecule has 1 aromatic rings. The third kappa shape index (κ3) is 4.44. The molecule has 1 aliphatic carbocycles. The van der Waals surface area contributed by atoms with Gasteiger partial charge in [-0.2, -0.15) is 11.8 Å². The highest BCUT2D eigenvalue weighted by molar-refractivity contribution is 7.98. The topological polar surface area (TPSA) is 62.2 Å². The van der Waals surface area contributed by atoms with Crippen LogP contribution in [-0.2, 0) is 0 Å². The van der Waals surface area contributed by atoms with Crippen LogP contribution in [-0.4, -0.2) is 40.7 Å². The number of hydrogen-bond donors (Lipinski definition) is 2. The van der Waals surface area contributed by atoms with Gasteiger partial charge in [0, 0.05) is 24.3 Å². The number of aliphatic hydroxyl groups excluding tert-OH is 1. The fourth-order valence-electron chi connectivity index (χ4n) is 2.78. The minimum atomic E-state index is -0.0400.